The van der Waals surface area contributed by atoms with Crippen LogP contribution < -0.4 is 4.74 Å². The zero-order valence-electron chi connectivity index (χ0n) is 11.2. The van der Waals surface area contributed by atoms with Gasteiger partial charge in [-0.25, -0.2) is 0 Å². The summed E-state index contributed by atoms with van der Waals surface area (Å²) in [5.74, 6) is 0.0303. The van der Waals surface area contributed by atoms with Crippen LogP contribution in [0.25, 0.3) is 0 Å². The highest BCUT2D eigenvalue weighted by Gasteiger charge is 2.42. The average Bonchev–Trinajstić information content (AvgIpc) is 2.43. The standard InChI is InChI=1S/C15H20O4/c1-2-18-9-5-8-15(14(16)17)10-12-6-3-4-7-13(12)19-11-15/h3-4,6-7H,2,5,8-11H2,1H3,(H,16,17). The second-order valence-electron chi connectivity index (χ2n) is 4.96. The predicted octanol–water partition coefficient (Wildman–Crippen LogP) is 2.51. The Balaban J connectivity index is 2.08. The number of carbonyl (C=O) groups is 1. The van der Waals surface area contributed by atoms with Crippen molar-refractivity contribution >= 4 is 5.97 Å². The first-order valence-electron chi connectivity index (χ1n) is 6.70. The molecule has 1 N–H and O–H groups in total. The molecule has 0 radical (unpaired) electrons. The maximum atomic E-state index is 11.6. The van der Waals surface area contributed by atoms with Crippen LogP contribution in [-0.2, 0) is 16.0 Å². The molecule has 19 heavy (non-hydrogen) atoms. The van der Waals surface area contributed by atoms with Crippen LogP contribution in [0, 0.1) is 5.41 Å². The maximum Gasteiger partial charge on any atom is 0.313 e. The average molecular weight is 264 g/mol. The van der Waals surface area contributed by atoms with E-state index < -0.39 is 11.4 Å². The minimum atomic E-state index is -0.814. The molecule has 1 atom stereocenters. The Morgan fingerprint density at radius 3 is 3.00 bits per heavy atom. The largest absolute Gasteiger partial charge is 0.492 e. The van der Waals surface area contributed by atoms with Crippen molar-refractivity contribution in [1.29, 1.82) is 0 Å². The van der Waals surface area contributed by atoms with Gasteiger partial charge in [0, 0.05) is 13.2 Å². The van der Waals surface area contributed by atoms with Crippen molar-refractivity contribution in [3.8, 4) is 5.75 Å². The predicted molar refractivity (Wildman–Crippen MR) is 71.4 cm³/mol. The maximum absolute atomic E-state index is 11.6. The lowest BCUT2D eigenvalue weighted by Gasteiger charge is -2.34. The molecule has 0 spiro atoms. The Kier molecular flexibility index (Phi) is 4.43. The van der Waals surface area contributed by atoms with E-state index >= 15 is 0 Å². The Morgan fingerprint density at radius 2 is 2.26 bits per heavy atom. The zero-order chi connectivity index (χ0) is 13.7. The first-order chi connectivity index (χ1) is 9.18. The molecule has 0 aliphatic carbocycles. The SMILES string of the molecule is CCOCCCC1(C(=O)O)COc2ccccc2C1. The summed E-state index contributed by atoms with van der Waals surface area (Å²) in [6.07, 6.45) is 1.85. The van der Waals surface area contributed by atoms with Crippen molar-refractivity contribution in [3.63, 3.8) is 0 Å². The summed E-state index contributed by atoms with van der Waals surface area (Å²) in [6.45, 7) is 3.45. The lowest BCUT2D eigenvalue weighted by atomic mass is 9.77. The molecular weight excluding hydrogens is 244 g/mol. The van der Waals surface area contributed by atoms with E-state index in [2.05, 4.69) is 0 Å². The number of aliphatic carboxylic acids is 1. The molecule has 0 aromatic heterocycles. The van der Waals surface area contributed by atoms with E-state index in [0.717, 1.165) is 17.7 Å². The summed E-state index contributed by atoms with van der Waals surface area (Å²) in [4.78, 5) is 11.6. The topological polar surface area (TPSA) is 55.8 Å². The van der Waals surface area contributed by atoms with Gasteiger partial charge in [0.2, 0.25) is 0 Å². The van der Waals surface area contributed by atoms with Gasteiger partial charge in [-0.05, 0) is 37.8 Å². The molecule has 0 saturated heterocycles. The smallest absolute Gasteiger partial charge is 0.313 e. The minimum absolute atomic E-state index is 0.242. The molecule has 4 heteroatoms. The molecule has 1 aromatic rings. The Labute approximate surface area is 113 Å². The van der Waals surface area contributed by atoms with Crippen molar-refractivity contribution in [3.05, 3.63) is 29.8 Å². The van der Waals surface area contributed by atoms with Crippen LogP contribution in [0.5, 0.6) is 5.75 Å². The van der Waals surface area contributed by atoms with E-state index in [0.29, 0.717) is 26.1 Å². The fourth-order valence-electron chi connectivity index (χ4n) is 2.48. The number of benzene rings is 1. The number of para-hydroxylation sites is 1. The van der Waals surface area contributed by atoms with E-state index in [-0.39, 0.29) is 6.61 Å². The third kappa shape index (κ3) is 3.07. The second-order valence-corrected chi connectivity index (χ2v) is 4.96. The number of rotatable bonds is 6. The molecule has 1 aliphatic heterocycles. The van der Waals surface area contributed by atoms with Crippen LogP contribution in [0.2, 0.25) is 0 Å². The number of carboxylic acids is 1. The van der Waals surface area contributed by atoms with Crippen molar-refractivity contribution in [2.75, 3.05) is 19.8 Å². The third-order valence-corrected chi connectivity index (χ3v) is 3.61. The Morgan fingerprint density at radius 1 is 1.47 bits per heavy atom. The normalized spacial score (nSPS) is 21.5. The first kappa shape index (κ1) is 13.9. The zero-order valence-corrected chi connectivity index (χ0v) is 11.2. The van der Waals surface area contributed by atoms with Gasteiger partial charge in [-0.15, -0.1) is 0 Å². The molecule has 1 heterocycles. The van der Waals surface area contributed by atoms with Gasteiger partial charge >= 0.3 is 5.97 Å². The van der Waals surface area contributed by atoms with Crippen molar-refractivity contribution in [1.82, 2.24) is 0 Å². The van der Waals surface area contributed by atoms with E-state index in [4.69, 9.17) is 9.47 Å². The summed E-state index contributed by atoms with van der Waals surface area (Å²) in [7, 11) is 0. The molecule has 0 amide bonds. The number of fused-ring (bicyclic) bond motifs is 1. The van der Waals surface area contributed by atoms with Crippen LogP contribution in [-0.4, -0.2) is 30.9 Å². The highest BCUT2D eigenvalue weighted by molar-refractivity contribution is 5.76. The fourth-order valence-corrected chi connectivity index (χ4v) is 2.48. The second kappa shape index (κ2) is 6.06. The highest BCUT2D eigenvalue weighted by Crippen LogP contribution is 2.37. The number of ether oxygens (including phenoxy) is 2. The van der Waals surface area contributed by atoms with Crippen LogP contribution in [0.1, 0.15) is 25.3 Å². The number of carboxylic acid groups (broad SMARTS) is 1. The monoisotopic (exact) mass is 264 g/mol. The molecule has 1 unspecified atom stereocenters. The summed E-state index contributed by atoms with van der Waals surface area (Å²) in [6, 6.07) is 7.65. The van der Waals surface area contributed by atoms with Gasteiger partial charge in [-0.3, -0.25) is 4.79 Å². The molecule has 0 saturated carbocycles. The summed E-state index contributed by atoms with van der Waals surface area (Å²) < 4.78 is 10.9. The van der Waals surface area contributed by atoms with Gasteiger partial charge < -0.3 is 14.6 Å². The Bertz CT molecular complexity index is 444. The highest BCUT2D eigenvalue weighted by atomic mass is 16.5. The van der Waals surface area contributed by atoms with Gasteiger partial charge in [0.15, 0.2) is 0 Å². The van der Waals surface area contributed by atoms with E-state index in [1.165, 1.54) is 0 Å². The lowest BCUT2D eigenvalue weighted by Crippen LogP contribution is -2.42. The molecular formula is C15H20O4. The number of hydrogen-bond donors (Lipinski definition) is 1. The molecule has 0 bridgehead atoms. The summed E-state index contributed by atoms with van der Waals surface area (Å²) in [5, 5.41) is 9.55. The van der Waals surface area contributed by atoms with Crippen molar-refractivity contribution in [2.45, 2.75) is 26.2 Å². The van der Waals surface area contributed by atoms with E-state index in [9.17, 15) is 9.90 Å². The minimum Gasteiger partial charge on any atom is -0.492 e. The van der Waals surface area contributed by atoms with Crippen LogP contribution in [0.15, 0.2) is 24.3 Å². The summed E-state index contributed by atoms with van der Waals surface area (Å²) >= 11 is 0. The molecule has 1 aromatic carbocycles. The molecule has 2 rings (SSSR count). The molecule has 1 aliphatic rings. The third-order valence-electron chi connectivity index (χ3n) is 3.61. The van der Waals surface area contributed by atoms with E-state index in [1.54, 1.807) is 0 Å². The molecule has 0 fully saturated rings. The van der Waals surface area contributed by atoms with Crippen molar-refractivity contribution in [2.24, 2.45) is 5.41 Å². The van der Waals surface area contributed by atoms with Crippen molar-refractivity contribution < 1.29 is 19.4 Å². The van der Waals surface area contributed by atoms with Gasteiger partial charge in [-0.2, -0.15) is 0 Å². The van der Waals surface area contributed by atoms with Gasteiger partial charge in [0.05, 0.1) is 0 Å². The summed E-state index contributed by atoms with van der Waals surface area (Å²) in [5.41, 5.74) is 0.165. The van der Waals surface area contributed by atoms with E-state index in [1.807, 2.05) is 31.2 Å². The van der Waals surface area contributed by atoms with Crippen LogP contribution >= 0.6 is 0 Å². The fraction of sp³-hybridized carbons (Fsp3) is 0.533. The van der Waals surface area contributed by atoms with Gasteiger partial charge in [0.25, 0.3) is 0 Å². The molecule has 4 nitrogen and oxygen atoms in total. The van der Waals surface area contributed by atoms with Crippen LogP contribution in [0.3, 0.4) is 0 Å². The number of hydrogen-bond acceptors (Lipinski definition) is 3. The first-order valence-corrected chi connectivity index (χ1v) is 6.70. The Hall–Kier alpha value is -1.55. The lowest BCUT2D eigenvalue weighted by molar-refractivity contribution is -0.152. The quantitative estimate of drug-likeness (QED) is 0.802. The van der Waals surface area contributed by atoms with Gasteiger partial charge in [-0.1, -0.05) is 18.2 Å². The molecule has 104 valence electrons. The van der Waals surface area contributed by atoms with Crippen LogP contribution in [0.4, 0.5) is 0 Å². The van der Waals surface area contributed by atoms with Gasteiger partial charge in [0.1, 0.15) is 17.8 Å².